The molecular weight excluding hydrogens is 341 g/mol. The number of halogens is 2. The van der Waals surface area contributed by atoms with Gasteiger partial charge in [-0.3, -0.25) is 4.79 Å². The van der Waals surface area contributed by atoms with Crippen LogP contribution in [0.4, 0.5) is 10.1 Å². The standard InChI is InChI=1S/C15H13BrFNOS/c16-11-6-5-10(17)8-12(11)18-15(19)14-7-9-3-1-2-4-13(9)20-14/h5-8H,1-4H2,(H,18,19). The van der Waals surface area contributed by atoms with E-state index in [1.54, 1.807) is 17.4 Å². The van der Waals surface area contributed by atoms with E-state index in [9.17, 15) is 9.18 Å². The van der Waals surface area contributed by atoms with Gasteiger partial charge < -0.3 is 5.32 Å². The van der Waals surface area contributed by atoms with E-state index in [0.717, 1.165) is 12.8 Å². The second-order valence-corrected chi connectivity index (χ2v) is 6.84. The molecule has 0 saturated carbocycles. The number of thiophene rings is 1. The zero-order chi connectivity index (χ0) is 14.1. The number of hydrogen-bond donors (Lipinski definition) is 1. The van der Waals surface area contributed by atoms with Crippen molar-refractivity contribution in [1.82, 2.24) is 0 Å². The van der Waals surface area contributed by atoms with Crippen molar-refractivity contribution in [3.05, 3.63) is 49.9 Å². The molecule has 3 rings (SSSR count). The molecule has 0 radical (unpaired) electrons. The van der Waals surface area contributed by atoms with Crippen LogP contribution in [0, 0.1) is 5.82 Å². The summed E-state index contributed by atoms with van der Waals surface area (Å²) < 4.78 is 13.9. The van der Waals surface area contributed by atoms with Gasteiger partial charge >= 0.3 is 0 Å². The maximum Gasteiger partial charge on any atom is 0.265 e. The lowest BCUT2D eigenvalue weighted by molar-refractivity contribution is 0.103. The van der Waals surface area contributed by atoms with Crippen LogP contribution in [0.25, 0.3) is 0 Å². The van der Waals surface area contributed by atoms with Gasteiger partial charge in [-0.15, -0.1) is 11.3 Å². The number of anilines is 1. The van der Waals surface area contributed by atoms with E-state index in [0.29, 0.717) is 15.0 Å². The number of carbonyl (C=O) groups is 1. The molecule has 1 amide bonds. The van der Waals surface area contributed by atoms with E-state index in [1.807, 2.05) is 6.07 Å². The largest absolute Gasteiger partial charge is 0.320 e. The minimum Gasteiger partial charge on any atom is -0.320 e. The molecule has 1 heterocycles. The van der Waals surface area contributed by atoms with Gasteiger partial charge in [0.2, 0.25) is 0 Å². The van der Waals surface area contributed by atoms with Gasteiger partial charge in [-0.25, -0.2) is 4.39 Å². The third-order valence-corrected chi connectivity index (χ3v) is 5.32. The third-order valence-electron chi connectivity index (χ3n) is 3.40. The molecule has 20 heavy (non-hydrogen) atoms. The number of fused-ring (bicyclic) bond motifs is 1. The molecule has 0 aliphatic heterocycles. The van der Waals surface area contributed by atoms with Gasteiger partial charge in [0.25, 0.3) is 5.91 Å². The smallest absolute Gasteiger partial charge is 0.265 e. The first-order valence-corrected chi connectivity index (χ1v) is 8.12. The lowest BCUT2D eigenvalue weighted by Gasteiger charge is -2.08. The molecule has 1 aliphatic rings. The Balaban J connectivity index is 1.82. The number of amides is 1. The van der Waals surface area contributed by atoms with Crippen LogP contribution in [-0.4, -0.2) is 5.91 Å². The van der Waals surface area contributed by atoms with Crippen molar-refractivity contribution in [3.63, 3.8) is 0 Å². The number of benzene rings is 1. The summed E-state index contributed by atoms with van der Waals surface area (Å²) in [6.45, 7) is 0. The van der Waals surface area contributed by atoms with Gasteiger partial charge in [-0.2, -0.15) is 0 Å². The van der Waals surface area contributed by atoms with Crippen molar-refractivity contribution >= 4 is 38.9 Å². The Morgan fingerprint density at radius 3 is 2.85 bits per heavy atom. The van der Waals surface area contributed by atoms with Crippen molar-refractivity contribution in [2.24, 2.45) is 0 Å². The highest BCUT2D eigenvalue weighted by Gasteiger charge is 2.18. The van der Waals surface area contributed by atoms with Crippen LogP contribution < -0.4 is 5.32 Å². The molecule has 5 heteroatoms. The monoisotopic (exact) mass is 353 g/mol. The van der Waals surface area contributed by atoms with Crippen molar-refractivity contribution < 1.29 is 9.18 Å². The minimum atomic E-state index is -0.367. The normalized spacial score (nSPS) is 13.9. The molecule has 1 aromatic heterocycles. The minimum absolute atomic E-state index is 0.171. The lowest BCUT2D eigenvalue weighted by atomic mass is 9.99. The second kappa shape index (κ2) is 5.66. The maximum absolute atomic E-state index is 13.2. The Hall–Kier alpha value is -1.20. The van der Waals surface area contributed by atoms with Gasteiger partial charge in [0.15, 0.2) is 0 Å². The summed E-state index contributed by atoms with van der Waals surface area (Å²) in [6, 6.07) is 6.23. The molecule has 1 aromatic carbocycles. The first kappa shape index (κ1) is 13.8. The van der Waals surface area contributed by atoms with Crippen molar-refractivity contribution in [2.75, 3.05) is 5.32 Å². The van der Waals surface area contributed by atoms with Crippen LogP contribution in [0.2, 0.25) is 0 Å². The highest BCUT2D eigenvalue weighted by atomic mass is 79.9. The maximum atomic E-state index is 13.2. The van der Waals surface area contributed by atoms with E-state index in [4.69, 9.17) is 0 Å². The Morgan fingerprint density at radius 1 is 1.25 bits per heavy atom. The van der Waals surface area contributed by atoms with Gasteiger partial charge in [-0.05, 0) is 71.4 Å². The Morgan fingerprint density at radius 2 is 2.05 bits per heavy atom. The Kier molecular flexibility index (Phi) is 3.89. The Labute approximate surface area is 129 Å². The second-order valence-electron chi connectivity index (χ2n) is 4.84. The van der Waals surface area contributed by atoms with E-state index < -0.39 is 0 Å². The lowest BCUT2D eigenvalue weighted by Crippen LogP contribution is -2.10. The summed E-state index contributed by atoms with van der Waals surface area (Å²) in [5, 5.41) is 2.76. The molecular formula is C15H13BrFNOS. The summed E-state index contributed by atoms with van der Waals surface area (Å²) in [5.74, 6) is -0.537. The van der Waals surface area contributed by atoms with E-state index >= 15 is 0 Å². The topological polar surface area (TPSA) is 29.1 Å². The SMILES string of the molecule is O=C(Nc1cc(F)ccc1Br)c1cc2c(s1)CCCC2. The zero-order valence-electron chi connectivity index (χ0n) is 10.7. The predicted octanol–water partition coefficient (Wildman–Crippen LogP) is 4.78. The average Bonchev–Trinajstić information content (AvgIpc) is 2.87. The number of aryl methyl sites for hydroxylation is 2. The van der Waals surface area contributed by atoms with E-state index in [-0.39, 0.29) is 11.7 Å². The van der Waals surface area contributed by atoms with Crippen molar-refractivity contribution in [1.29, 1.82) is 0 Å². The molecule has 2 aromatic rings. The van der Waals surface area contributed by atoms with Crippen LogP contribution in [0.15, 0.2) is 28.7 Å². The Bertz CT molecular complexity index is 644. The molecule has 104 valence electrons. The van der Waals surface area contributed by atoms with Gasteiger partial charge in [0.1, 0.15) is 5.82 Å². The molecule has 2 nitrogen and oxygen atoms in total. The van der Waals surface area contributed by atoms with Gasteiger partial charge in [0.05, 0.1) is 10.6 Å². The summed E-state index contributed by atoms with van der Waals surface area (Å²) >= 11 is 4.86. The third kappa shape index (κ3) is 2.79. The summed E-state index contributed by atoms with van der Waals surface area (Å²) in [7, 11) is 0. The molecule has 1 N–H and O–H groups in total. The van der Waals surface area contributed by atoms with Crippen LogP contribution in [0.3, 0.4) is 0 Å². The highest BCUT2D eigenvalue weighted by Crippen LogP contribution is 2.31. The number of hydrogen-bond acceptors (Lipinski definition) is 2. The van der Waals surface area contributed by atoms with Crippen LogP contribution >= 0.6 is 27.3 Å². The first-order valence-electron chi connectivity index (χ1n) is 6.51. The van der Waals surface area contributed by atoms with Gasteiger partial charge in [0, 0.05) is 9.35 Å². The van der Waals surface area contributed by atoms with Crippen molar-refractivity contribution in [2.45, 2.75) is 25.7 Å². The fourth-order valence-corrected chi connectivity index (χ4v) is 3.87. The quantitative estimate of drug-likeness (QED) is 0.826. The summed E-state index contributed by atoms with van der Waals surface area (Å²) in [5.41, 5.74) is 1.76. The van der Waals surface area contributed by atoms with Gasteiger partial charge in [-0.1, -0.05) is 0 Å². The van der Waals surface area contributed by atoms with Crippen LogP contribution in [0.1, 0.15) is 33.0 Å². The summed E-state index contributed by atoms with van der Waals surface area (Å²) in [4.78, 5) is 14.3. The first-order chi connectivity index (χ1) is 9.63. The van der Waals surface area contributed by atoms with E-state index in [1.165, 1.54) is 35.4 Å². The highest BCUT2D eigenvalue weighted by molar-refractivity contribution is 9.10. The molecule has 0 spiro atoms. The fourth-order valence-electron chi connectivity index (χ4n) is 2.38. The molecule has 0 unspecified atom stereocenters. The average molecular weight is 354 g/mol. The molecule has 0 atom stereocenters. The summed E-state index contributed by atoms with van der Waals surface area (Å²) in [6.07, 6.45) is 4.52. The van der Waals surface area contributed by atoms with E-state index in [2.05, 4.69) is 21.2 Å². The van der Waals surface area contributed by atoms with Crippen molar-refractivity contribution in [3.8, 4) is 0 Å². The molecule has 0 fully saturated rings. The number of carbonyl (C=O) groups excluding carboxylic acids is 1. The van der Waals surface area contributed by atoms with Crippen LogP contribution in [-0.2, 0) is 12.8 Å². The molecule has 0 saturated heterocycles. The number of rotatable bonds is 2. The van der Waals surface area contributed by atoms with Crippen LogP contribution in [0.5, 0.6) is 0 Å². The molecule has 1 aliphatic carbocycles. The number of nitrogens with one attached hydrogen (secondary N) is 1. The molecule has 0 bridgehead atoms. The zero-order valence-corrected chi connectivity index (χ0v) is 13.1. The fraction of sp³-hybridized carbons (Fsp3) is 0.267. The predicted molar refractivity (Wildman–Crippen MR) is 83.0 cm³/mol.